The van der Waals surface area contributed by atoms with E-state index in [9.17, 15) is 4.79 Å². The molecule has 0 saturated carbocycles. The van der Waals surface area contributed by atoms with Crippen LogP contribution in [-0.4, -0.2) is 45.0 Å². The summed E-state index contributed by atoms with van der Waals surface area (Å²) in [6.07, 6.45) is 4.28. The number of pyridine rings is 1. The van der Waals surface area contributed by atoms with Crippen LogP contribution in [0.5, 0.6) is 5.88 Å². The van der Waals surface area contributed by atoms with Crippen molar-refractivity contribution in [1.29, 1.82) is 5.26 Å². The first kappa shape index (κ1) is 23.0. The summed E-state index contributed by atoms with van der Waals surface area (Å²) >= 11 is 12.4. The molecule has 9 heteroatoms. The first-order chi connectivity index (χ1) is 15.9. The lowest BCUT2D eigenvalue weighted by atomic mass is 9.86. The van der Waals surface area contributed by atoms with Crippen LogP contribution in [0.4, 0.5) is 0 Å². The highest BCUT2D eigenvalue weighted by molar-refractivity contribution is 6.42. The Morgan fingerprint density at radius 2 is 1.94 bits per heavy atom. The molecule has 33 heavy (non-hydrogen) atoms. The predicted molar refractivity (Wildman–Crippen MR) is 124 cm³/mol. The highest BCUT2D eigenvalue weighted by Gasteiger charge is 2.41. The van der Waals surface area contributed by atoms with Crippen molar-refractivity contribution < 1.29 is 9.53 Å². The smallest absolute Gasteiger partial charge is 0.274 e. The fraction of sp³-hybridized carbons (Fsp3) is 0.292. The Labute approximate surface area is 202 Å². The number of hydrogen-bond acceptors (Lipinski definition) is 6. The minimum absolute atomic E-state index is 0.0319. The molecule has 1 saturated heterocycles. The van der Waals surface area contributed by atoms with Gasteiger partial charge in [-0.1, -0.05) is 29.3 Å². The van der Waals surface area contributed by atoms with Crippen LogP contribution in [-0.2, 0) is 0 Å². The van der Waals surface area contributed by atoms with Gasteiger partial charge in [-0.15, -0.1) is 0 Å². The van der Waals surface area contributed by atoms with E-state index in [2.05, 4.69) is 15.0 Å². The number of carbonyl (C=O) groups excluding carboxylic acids is 1. The average molecular weight is 482 g/mol. The van der Waals surface area contributed by atoms with Crippen molar-refractivity contribution in [3.05, 3.63) is 81.5 Å². The lowest BCUT2D eigenvalue weighted by Gasteiger charge is -2.25. The Morgan fingerprint density at radius 1 is 1.12 bits per heavy atom. The van der Waals surface area contributed by atoms with Crippen molar-refractivity contribution in [1.82, 2.24) is 19.9 Å². The summed E-state index contributed by atoms with van der Waals surface area (Å²) in [6.45, 7) is 4.72. The zero-order chi connectivity index (χ0) is 23.5. The number of halogens is 2. The zero-order valence-electron chi connectivity index (χ0n) is 18.1. The molecule has 1 amide bonds. The fourth-order valence-electron chi connectivity index (χ4n) is 4.03. The Balaban J connectivity index is 1.60. The number of hydrogen-bond donors (Lipinski definition) is 0. The third-order valence-electron chi connectivity index (χ3n) is 5.80. The Morgan fingerprint density at radius 3 is 2.58 bits per heavy atom. The number of nitrogens with zero attached hydrogens (tertiary/aromatic N) is 5. The van der Waals surface area contributed by atoms with Gasteiger partial charge >= 0.3 is 0 Å². The van der Waals surface area contributed by atoms with E-state index < -0.39 is 0 Å². The van der Waals surface area contributed by atoms with Crippen molar-refractivity contribution in [2.75, 3.05) is 13.1 Å². The van der Waals surface area contributed by atoms with Crippen LogP contribution in [0.15, 0.2) is 48.9 Å². The molecule has 168 valence electrons. The average Bonchev–Trinajstić information content (AvgIpc) is 3.27. The first-order valence-electron chi connectivity index (χ1n) is 10.4. The largest absolute Gasteiger partial charge is 0.474 e. The molecule has 3 heterocycles. The van der Waals surface area contributed by atoms with Gasteiger partial charge in [0, 0.05) is 43.4 Å². The summed E-state index contributed by atoms with van der Waals surface area (Å²) in [7, 11) is 0. The third-order valence-corrected chi connectivity index (χ3v) is 6.54. The second-order valence-electron chi connectivity index (χ2n) is 8.02. The molecule has 1 aromatic carbocycles. The molecule has 0 aliphatic carbocycles. The van der Waals surface area contributed by atoms with Crippen molar-refractivity contribution in [2.24, 2.45) is 5.92 Å². The highest BCUT2D eigenvalue weighted by atomic mass is 35.5. The number of ether oxygens (including phenoxy) is 1. The van der Waals surface area contributed by atoms with Crippen molar-refractivity contribution in [3.63, 3.8) is 0 Å². The molecule has 4 rings (SSSR count). The van der Waals surface area contributed by atoms with E-state index in [-0.39, 0.29) is 23.8 Å². The molecule has 1 aliphatic heterocycles. The second-order valence-corrected chi connectivity index (χ2v) is 8.83. The number of amides is 1. The molecule has 0 bridgehead atoms. The lowest BCUT2D eigenvalue weighted by Crippen LogP contribution is -2.32. The van der Waals surface area contributed by atoms with Gasteiger partial charge in [0.1, 0.15) is 17.9 Å². The zero-order valence-corrected chi connectivity index (χ0v) is 19.6. The molecule has 0 unspecified atom stereocenters. The van der Waals surface area contributed by atoms with Crippen LogP contribution in [0.1, 0.15) is 40.2 Å². The normalized spacial score (nSPS) is 18.6. The molecule has 3 atom stereocenters. The van der Waals surface area contributed by atoms with Gasteiger partial charge in [0.15, 0.2) is 0 Å². The van der Waals surface area contributed by atoms with Gasteiger partial charge in [0.05, 0.1) is 27.5 Å². The van der Waals surface area contributed by atoms with Crippen molar-refractivity contribution >= 4 is 29.1 Å². The van der Waals surface area contributed by atoms with E-state index in [1.807, 2.05) is 32.0 Å². The van der Waals surface area contributed by atoms with Crippen LogP contribution in [0, 0.1) is 24.2 Å². The maximum absolute atomic E-state index is 13.1. The van der Waals surface area contributed by atoms with Crippen LogP contribution >= 0.6 is 23.2 Å². The van der Waals surface area contributed by atoms with Crippen LogP contribution in [0.3, 0.4) is 0 Å². The summed E-state index contributed by atoms with van der Waals surface area (Å²) in [5.41, 5.74) is 2.48. The minimum Gasteiger partial charge on any atom is -0.474 e. The van der Waals surface area contributed by atoms with E-state index in [1.54, 1.807) is 29.3 Å². The number of carbonyl (C=O) groups is 1. The third kappa shape index (κ3) is 5.08. The number of aryl methyl sites for hydroxylation is 1. The molecular formula is C24H21Cl2N5O2. The Bertz CT molecular complexity index is 1190. The van der Waals surface area contributed by atoms with Gasteiger partial charge in [-0.2, -0.15) is 5.26 Å². The van der Waals surface area contributed by atoms with Crippen LogP contribution < -0.4 is 4.74 Å². The number of benzene rings is 1. The molecule has 1 fully saturated rings. The molecule has 0 N–H and O–H groups in total. The monoisotopic (exact) mass is 481 g/mol. The van der Waals surface area contributed by atoms with Crippen LogP contribution in [0.25, 0.3) is 0 Å². The van der Waals surface area contributed by atoms with E-state index >= 15 is 0 Å². The quantitative estimate of drug-likeness (QED) is 0.525. The molecule has 3 aromatic rings. The van der Waals surface area contributed by atoms with Gasteiger partial charge in [-0.25, -0.2) is 9.97 Å². The van der Waals surface area contributed by atoms with Gasteiger partial charge < -0.3 is 9.64 Å². The molecular weight excluding hydrogens is 461 g/mol. The maximum atomic E-state index is 13.1. The summed E-state index contributed by atoms with van der Waals surface area (Å²) in [5, 5.41) is 9.92. The summed E-state index contributed by atoms with van der Waals surface area (Å²) < 4.78 is 6.11. The Hall–Kier alpha value is -3.21. The number of nitriles is 1. The summed E-state index contributed by atoms with van der Waals surface area (Å²) in [4.78, 5) is 27.6. The van der Waals surface area contributed by atoms with E-state index in [0.29, 0.717) is 40.3 Å². The summed E-state index contributed by atoms with van der Waals surface area (Å²) in [6, 6.07) is 10.9. The minimum atomic E-state index is -0.271. The van der Waals surface area contributed by atoms with E-state index in [0.717, 1.165) is 11.3 Å². The highest BCUT2D eigenvalue weighted by Crippen LogP contribution is 2.38. The van der Waals surface area contributed by atoms with Gasteiger partial charge in [0.2, 0.25) is 5.88 Å². The molecule has 0 spiro atoms. The maximum Gasteiger partial charge on any atom is 0.274 e. The second kappa shape index (κ2) is 9.74. The molecule has 2 aromatic heterocycles. The lowest BCUT2D eigenvalue weighted by molar-refractivity contribution is 0.0763. The predicted octanol–water partition coefficient (Wildman–Crippen LogP) is 4.68. The van der Waals surface area contributed by atoms with Crippen molar-refractivity contribution in [3.8, 4) is 11.9 Å². The number of likely N-dealkylation sites (tertiary alicyclic amines) is 1. The van der Waals surface area contributed by atoms with E-state index in [1.165, 1.54) is 12.4 Å². The first-order valence-corrected chi connectivity index (χ1v) is 11.2. The van der Waals surface area contributed by atoms with Crippen molar-refractivity contribution in [2.45, 2.75) is 25.9 Å². The Kier molecular flexibility index (Phi) is 6.77. The van der Waals surface area contributed by atoms with Gasteiger partial charge in [0.25, 0.3) is 5.91 Å². The van der Waals surface area contributed by atoms with Gasteiger partial charge in [-0.3, -0.25) is 9.78 Å². The van der Waals surface area contributed by atoms with E-state index in [4.69, 9.17) is 33.2 Å². The standard InChI is InChI=1S/C24H21Cl2N5O2/c1-14-9-29-22(11-28-14)24(32)31-12-18(15(2)33-23-6-3-16(8-27)10-30-23)19(13-31)17-4-5-20(25)21(26)7-17/h3-7,9-11,15,18-19H,12-13H2,1-2H3/t15-,18+,19+/m0/s1. The molecule has 1 aliphatic rings. The SMILES string of the molecule is Cc1cnc(C(=O)N2C[C@H]([C@H](C)Oc3ccc(C#N)cn3)[C@@H](c3ccc(Cl)c(Cl)c3)C2)cn1. The van der Waals surface area contributed by atoms with Gasteiger partial charge in [-0.05, 0) is 37.6 Å². The number of rotatable bonds is 5. The van der Waals surface area contributed by atoms with Crippen LogP contribution in [0.2, 0.25) is 10.0 Å². The topological polar surface area (TPSA) is 92.0 Å². The molecule has 7 nitrogen and oxygen atoms in total. The molecule has 0 radical (unpaired) electrons. The fourth-order valence-corrected chi connectivity index (χ4v) is 4.33. The summed E-state index contributed by atoms with van der Waals surface area (Å²) in [5.74, 6) is 0.167. The number of aromatic nitrogens is 3.